The number of aliphatic hydroxyl groups excluding tert-OH is 1. The van der Waals surface area contributed by atoms with Crippen LogP contribution in [0.5, 0.6) is 0 Å². The molecule has 0 saturated carbocycles. The molecule has 2 aromatic rings. The quantitative estimate of drug-likeness (QED) is 0.184. The number of hydrogen-bond acceptors (Lipinski definition) is 16. The summed E-state index contributed by atoms with van der Waals surface area (Å²) < 4.78 is 37.9. The molecule has 2 amide bonds. The largest absolute Gasteiger partial charge is 0.461 e. The molecule has 3 fully saturated rings. The Labute approximate surface area is 388 Å². The van der Waals surface area contributed by atoms with Gasteiger partial charge in [-0.05, 0) is 72.7 Å². The van der Waals surface area contributed by atoms with Crippen LogP contribution in [0.15, 0.2) is 43.0 Å². The molecule has 18 heteroatoms. The molecule has 364 valence electrons. The van der Waals surface area contributed by atoms with Gasteiger partial charge in [0.2, 0.25) is 0 Å². The van der Waals surface area contributed by atoms with Gasteiger partial charge in [-0.15, -0.1) is 0 Å². The topological polar surface area (TPSA) is 227 Å². The Bertz CT molecular complexity index is 2020. The zero-order chi connectivity index (χ0) is 48.7. The third kappa shape index (κ3) is 12.3. The molecule has 3 saturated heterocycles. The summed E-state index contributed by atoms with van der Waals surface area (Å²) in [5.41, 5.74) is -1.97. The van der Waals surface area contributed by atoms with Crippen LogP contribution < -0.4 is 10.6 Å². The van der Waals surface area contributed by atoms with Gasteiger partial charge in [0.25, 0.3) is 0 Å². The van der Waals surface area contributed by atoms with Crippen molar-refractivity contribution in [3.8, 4) is 0 Å². The van der Waals surface area contributed by atoms with Crippen molar-refractivity contribution < 1.29 is 57.5 Å². The summed E-state index contributed by atoms with van der Waals surface area (Å²) in [6.45, 7) is 17.5. The maximum Gasteiger partial charge on any atom is 0.408 e. The maximum atomic E-state index is 14.7. The molecule has 0 aliphatic carbocycles. The summed E-state index contributed by atoms with van der Waals surface area (Å²) in [6, 6.07) is 2.06. The first kappa shape index (κ1) is 51.9. The van der Waals surface area contributed by atoms with Crippen LogP contribution in [-0.4, -0.2) is 136 Å². The number of fused-ring (bicyclic) bond motifs is 1. The number of carbonyl (C=O) groups is 5. The number of aliphatic hydroxyl groups is 1. The maximum absolute atomic E-state index is 14.7. The fraction of sp³-hybridized carbons (Fsp3) is 0.667. The van der Waals surface area contributed by atoms with Gasteiger partial charge in [0.15, 0.2) is 11.9 Å². The fourth-order valence-electron chi connectivity index (χ4n) is 9.62. The molecule has 0 spiro atoms. The van der Waals surface area contributed by atoms with Crippen LogP contribution in [0.25, 0.3) is 6.08 Å². The lowest BCUT2D eigenvalue weighted by Crippen LogP contribution is -2.61. The van der Waals surface area contributed by atoms with Gasteiger partial charge in [0.1, 0.15) is 41.6 Å². The van der Waals surface area contributed by atoms with Gasteiger partial charge in [0.05, 0.1) is 24.5 Å². The van der Waals surface area contributed by atoms with E-state index in [1.54, 1.807) is 91.3 Å². The van der Waals surface area contributed by atoms with E-state index in [0.29, 0.717) is 17.8 Å². The van der Waals surface area contributed by atoms with E-state index in [-0.39, 0.29) is 43.6 Å². The van der Waals surface area contributed by atoms with E-state index in [1.807, 2.05) is 39.8 Å². The summed E-state index contributed by atoms with van der Waals surface area (Å²) in [6.07, 6.45) is 2.03. The molecule has 3 N–H and O–H groups in total. The van der Waals surface area contributed by atoms with Crippen LogP contribution in [-0.2, 0) is 49.2 Å². The third-order valence-electron chi connectivity index (χ3n) is 13.2. The number of hydrogen-bond donors (Lipinski definition) is 3. The first-order chi connectivity index (χ1) is 31.1. The third-order valence-corrected chi connectivity index (χ3v) is 13.2. The molecule has 3 aliphatic rings. The van der Waals surface area contributed by atoms with E-state index >= 15 is 0 Å². The molecule has 5 heterocycles. The standard InChI is InChI=1S/C48H70N6O12/c1-13-35-48(10)40(53-46(60)66-48)29(6)37(56)27(4)22-47(9,65-45(59)50-19-15-17-33-24-51-42(26(2)3)52-25-33)41(64-44-38(57)34(54(11)12)20-28(5)61-44)30(7)39(31(8)43(58)62-35)63-36(55)21-32-16-14-18-49-23-32/h14-18,23-31,34-35,38-41,44,57H,13,19-22H2,1-12H3,(H,50,59)(H,53,60)/b17-15+/t27-,28-,29+,30+,31-,34+,35-,38-,39+,40-,41-,44+,47-,48-/m1/s1. The van der Waals surface area contributed by atoms with E-state index in [9.17, 15) is 29.1 Å². The van der Waals surface area contributed by atoms with E-state index in [0.717, 1.165) is 5.56 Å². The number of Topliss-reactive ketones (excluding diaryl/α,β-unsaturated/α-hetero) is 1. The Morgan fingerprint density at radius 3 is 2.38 bits per heavy atom. The van der Waals surface area contributed by atoms with E-state index in [2.05, 4.69) is 25.6 Å². The number of cyclic esters (lactones) is 1. The van der Waals surface area contributed by atoms with Gasteiger partial charge >= 0.3 is 24.1 Å². The Morgan fingerprint density at radius 1 is 1.06 bits per heavy atom. The predicted octanol–water partition coefficient (Wildman–Crippen LogP) is 5.16. The zero-order valence-corrected chi connectivity index (χ0v) is 40.4. The van der Waals surface area contributed by atoms with Crippen molar-refractivity contribution in [3.05, 3.63) is 59.9 Å². The molecule has 66 heavy (non-hydrogen) atoms. The lowest BCUT2D eigenvalue weighted by atomic mass is 9.73. The Hall–Kier alpha value is -5.04. The number of carbonyl (C=O) groups excluding carboxylic acids is 5. The smallest absolute Gasteiger partial charge is 0.408 e. The number of likely N-dealkylation sites (N-methyl/N-ethyl adjacent to an activating group) is 1. The minimum absolute atomic E-state index is 0.0237. The molecule has 18 nitrogen and oxygen atoms in total. The molecular weight excluding hydrogens is 853 g/mol. The number of alkyl carbamates (subject to hydrolysis) is 2. The number of aromatic nitrogens is 3. The van der Waals surface area contributed by atoms with Gasteiger partial charge in [0, 0.05) is 66.6 Å². The number of ether oxygens (including phenoxy) is 6. The first-order valence-electron chi connectivity index (χ1n) is 23.0. The van der Waals surface area contributed by atoms with Crippen molar-refractivity contribution in [1.29, 1.82) is 0 Å². The van der Waals surface area contributed by atoms with Crippen molar-refractivity contribution in [3.63, 3.8) is 0 Å². The first-order valence-corrected chi connectivity index (χ1v) is 23.0. The molecule has 2 aromatic heterocycles. The molecule has 14 atom stereocenters. The monoisotopic (exact) mass is 923 g/mol. The highest BCUT2D eigenvalue weighted by molar-refractivity contribution is 5.85. The number of esters is 2. The number of nitrogens with zero attached hydrogens (tertiary/aromatic N) is 4. The van der Waals surface area contributed by atoms with E-state index < -0.39 is 102 Å². The summed E-state index contributed by atoms with van der Waals surface area (Å²) in [5.74, 6) is -4.91. The van der Waals surface area contributed by atoms with Crippen molar-refractivity contribution >= 4 is 36.0 Å². The lowest BCUT2D eigenvalue weighted by Gasteiger charge is -2.48. The minimum Gasteiger partial charge on any atom is -0.461 e. The highest BCUT2D eigenvalue weighted by Gasteiger charge is 2.58. The molecular formula is C48H70N6O12. The minimum atomic E-state index is -1.77. The van der Waals surface area contributed by atoms with Crippen molar-refractivity contribution in [2.75, 3.05) is 20.6 Å². The van der Waals surface area contributed by atoms with Crippen LogP contribution in [0, 0.1) is 23.7 Å². The lowest BCUT2D eigenvalue weighted by molar-refractivity contribution is -0.298. The molecule has 3 aliphatic heterocycles. The Kier molecular flexibility index (Phi) is 17.4. The predicted molar refractivity (Wildman–Crippen MR) is 241 cm³/mol. The number of nitrogens with one attached hydrogen (secondary N) is 2. The molecule has 5 rings (SSSR count). The summed E-state index contributed by atoms with van der Waals surface area (Å²) in [4.78, 5) is 85.0. The summed E-state index contributed by atoms with van der Waals surface area (Å²) in [5, 5.41) is 17.4. The van der Waals surface area contributed by atoms with Crippen molar-refractivity contribution in [2.24, 2.45) is 23.7 Å². The molecule has 0 bridgehead atoms. The van der Waals surface area contributed by atoms with Crippen LogP contribution in [0.4, 0.5) is 9.59 Å². The van der Waals surface area contributed by atoms with Gasteiger partial charge < -0.3 is 49.1 Å². The highest BCUT2D eigenvalue weighted by Crippen LogP contribution is 2.42. The summed E-state index contributed by atoms with van der Waals surface area (Å²) in [7, 11) is 3.66. The van der Waals surface area contributed by atoms with Crippen molar-refractivity contribution in [2.45, 2.75) is 161 Å². The zero-order valence-electron chi connectivity index (χ0n) is 40.4. The van der Waals surface area contributed by atoms with Gasteiger partial charge in [-0.25, -0.2) is 19.6 Å². The second-order valence-electron chi connectivity index (χ2n) is 19.1. The van der Waals surface area contributed by atoms with E-state index in [4.69, 9.17) is 28.4 Å². The number of pyridine rings is 1. The van der Waals surface area contributed by atoms with Gasteiger partial charge in [-0.1, -0.05) is 59.8 Å². The molecule has 0 radical (unpaired) electrons. The van der Waals surface area contributed by atoms with Crippen LogP contribution in [0.3, 0.4) is 0 Å². The number of rotatable bonds is 12. The van der Waals surface area contributed by atoms with E-state index in [1.165, 1.54) is 6.20 Å². The second-order valence-corrected chi connectivity index (χ2v) is 19.1. The van der Waals surface area contributed by atoms with Gasteiger partial charge in [-0.3, -0.25) is 19.4 Å². The van der Waals surface area contributed by atoms with Crippen LogP contribution in [0.2, 0.25) is 0 Å². The Morgan fingerprint density at radius 2 is 1.76 bits per heavy atom. The number of amides is 2. The Balaban J connectivity index is 1.61. The summed E-state index contributed by atoms with van der Waals surface area (Å²) >= 11 is 0. The average Bonchev–Trinajstić information content (AvgIpc) is 3.58. The number of ketones is 1. The SMILES string of the molecule is CC[C@H]1OC(=O)[C@H](C)[C@@H](OC(=O)Cc2cccnc2)[C@H](C)[C@@H](O[C@@H]2O[C@H](C)C[C@H](N(C)C)[C@H]2O)[C@](C)(OC(=O)NC/C=C/c2cnc(C(C)C)nc2)C[C@@H](C)C(=O)[C@H](C)[C@H]2NC(=O)O[C@@]21C. The molecule has 0 aromatic carbocycles. The average molecular weight is 923 g/mol. The normalized spacial score (nSPS) is 34.5. The van der Waals surface area contributed by atoms with Crippen molar-refractivity contribution in [1.82, 2.24) is 30.5 Å². The highest BCUT2D eigenvalue weighted by atomic mass is 16.7. The van der Waals surface area contributed by atoms with Gasteiger partial charge in [-0.2, -0.15) is 0 Å². The molecule has 0 unspecified atom stereocenters. The fourth-order valence-corrected chi connectivity index (χ4v) is 9.62. The second kappa shape index (κ2) is 22.2. The van der Waals surface area contributed by atoms with Crippen LogP contribution in [0.1, 0.15) is 111 Å². The van der Waals surface area contributed by atoms with Crippen LogP contribution >= 0.6 is 0 Å².